The molecular weight excluding hydrogens is 286 g/mol. The minimum absolute atomic E-state index is 0.0493. The van der Waals surface area contributed by atoms with Crippen molar-refractivity contribution < 1.29 is 18.5 Å². The Bertz CT molecular complexity index is 719. The lowest BCUT2D eigenvalue weighted by atomic mass is 10.1. The average Bonchev–Trinajstić information content (AvgIpc) is 2.41. The number of nitrogen functional groups attached to an aromatic ring is 1. The van der Waals surface area contributed by atoms with Crippen LogP contribution in [0.4, 0.5) is 26.0 Å². The molecular formula is C12H8F2N4O3. The molecule has 108 valence electrons. The molecule has 2 rings (SSSR count). The molecule has 9 heteroatoms. The van der Waals surface area contributed by atoms with Gasteiger partial charge in [0.1, 0.15) is 28.7 Å². The van der Waals surface area contributed by atoms with Crippen LogP contribution < -0.4 is 11.1 Å². The topological polar surface area (TPSA) is 111 Å². The quantitative estimate of drug-likeness (QED) is 0.511. The first-order chi connectivity index (χ1) is 9.90. The van der Waals surface area contributed by atoms with Crippen LogP contribution >= 0.6 is 0 Å². The van der Waals surface area contributed by atoms with Crippen LogP contribution in [0.25, 0.3) is 0 Å². The Hall–Kier alpha value is -3.10. The zero-order chi connectivity index (χ0) is 15.6. The molecule has 0 aliphatic carbocycles. The summed E-state index contributed by atoms with van der Waals surface area (Å²) >= 11 is 0. The summed E-state index contributed by atoms with van der Waals surface area (Å²) in [4.78, 5) is 25.4. The highest BCUT2D eigenvalue weighted by Gasteiger charge is 2.24. The molecule has 0 bridgehead atoms. The monoisotopic (exact) mass is 294 g/mol. The van der Waals surface area contributed by atoms with E-state index in [-0.39, 0.29) is 5.82 Å². The number of benzene rings is 1. The van der Waals surface area contributed by atoms with Crippen LogP contribution in [0.2, 0.25) is 0 Å². The molecule has 0 unspecified atom stereocenters. The Morgan fingerprint density at radius 2 is 2.00 bits per heavy atom. The van der Waals surface area contributed by atoms with Crippen molar-refractivity contribution in [1.29, 1.82) is 0 Å². The van der Waals surface area contributed by atoms with E-state index in [9.17, 15) is 23.7 Å². The number of nitrogens with zero attached hydrogens (tertiary/aromatic N) is 2. The third-order valence-corrected chi connectivity index (χ3v) is 2.56. The van der Waals surface area contributed by atoms with Gasteiger partial charge in [-0.15, -0.1) is 0 Å². The van der Waals surface area contributed by atoms with Crippen molar-refractivity contribution in [3.05, 3.63) is 57.8 Å². The SMILES string of the molecule is Nc1c([N+](=O)[O-])ccc(F)c1C(=O)Nc1ccc(F)cn1. The van der Waals surface area contributed by atoms with E-state index in [0.717, 1.165) is 30.5 Å². The number of nitrogens with one attached hydrogen (secondary N) is 1. The average molecular weight is 294 g/mol. The van der Waals surface area contributed by atoms with E-state index >= 15 is 0 Å². The maximum Gasteiger partial charge on any atom is 0.293 e. The molecule has 0 saturated heterocycles. The second-order valence-corrected chi connectivity index (χ2v) is 3.93. The molecule has 1 heterocycles. The highest BCUT2D eigenvalue weighted by Crippen LogP contribution is 2.27. The molecule has 1 aromatic carbocycles. The van der Waals surface area contributed by atoms with Crippen molar-refractivity contribution in [1.82, 2.24) is 4.98 Å². The Kier molecular flexibility index (Phi) is 3.74. The van der Waals surface area contributed by atoms with Crippen LogP contribution in [-0.4, -0.2) is 15.8 Å². The highest BCUT2D eigenvalue weighted by molar-refractivity contribution is 6.08. The third-order valence-electron chi connectivity index (χ3n) is 2.56. The molecule has 1 amide bonds. The maximum absolute atomic E-state index is 13.7. The first kappa shape index (κ1) is 14.3. The number of nitro groups is 1. The summed E-state index contributed by atoms with van der Waals surface area (Å²) in [6.07, 6.45) is 0.850. The molecule has 21 heavy (non-hydrogen) atoms. The van der Waals surface area contributed by atoms with E-state index in [1.165, 1.54) is 0 Å². The van der Waals surface area contributed by atoms with Gasteiger partial charge in [0.2, 0.25) is 0 Å². The Morgan fingerprint density at radius 3 is 2.57 bits per heavy atom. The molecule has 7 nitrogen and oxygen atoms in total. The van der Waals surface area contributed by atoms with E-state index in [0.29, 0.717) is 0 Å². The number of aromatic nitrogens is 1. The van der Waals surface area contributed by atoms with E-state index in [2.05, 4.69) is 10.3 Å². The second-order valence-electron chi connectivity index (χ2n) is 3.93. The van der Waals surface area contributed by atoms with Gasteiger partial charge < -0.3 is 11.1 Å². The van der Waals surface area contributed by atoms with Gasteiger partial charge in [0, 0.05) is 6.07 Å². The van der Waals surface area contributed by atoms with E-state index in [4.69, 9.17) is 5.73 Å². The summed E-state index contributed by atoms with van der Waals surface area (Å²) in [5.41, 5.74) is 3.58. The number of carbonyl (C=O) groups excluding carboxylic acids is 1. The van der Waals surface area contributed by atoms with Crippen LogP contribution in [0, 0.1) is 21.7 Å². The van der Waals surface area contributed by atoms with Crippen LogP contribution in [-0.2, 0) is 0 Å². The molecule has 0 fully saturated rings. The number of nitro benzene ring substituents is 1. The number of hydrogen-bond donors (Lipinski definition) is 2. The number of hydrogen-bond acceptors (Lipinski definition) is 5. The number of rotatable bonds is 3. The lowest BCUT2D eigenvalue weighted by Crippen LogP contribution is -2.17. The number of pyridine rings is 1. The zero-order valence-electron chi connectivity index (χ0n) is 10.3. The summed E-state index contributed by atoms with van der Waals surface area (Å²) in [7, 11) is 0. The number of halogens is 2. The third kappa shape index (κ3) is 2.91. The van der Waals surface area contributed by atoms with Gasteiger partial charge in [0.25, 0.3) is 11.6 Å². The van der Waals surface area contributed by atoms with Crippen molar-refractivity contribution in [2.75, 3.05) is 11.1 Å². The molecule has 0 radical (unpaired) electrons. The first-order valence-electron chi connectivity index (χ1n) is 5.55. The summed E-state index contributed by atoms with van der Waals surface area (Å²) in [6, 6.07) is 3.81. The predicted molar refractivity (Wildman–Crippen MR) is 69.6 cm³/mol. The maximum atomic E-state index is 13.7. The highest BCUT2D eigenvalue weighted by atomic mass is 19.1. The normalized spacial score (nSPS) is 10.2. The summed E-state index contributed by atoms with van der Waals surface area (Å²) in [5.74, 6) is -2.70. The first-order valence-corrected chi connectivity index (χ1v) is 5.55. The van der Waals surface area contributed by atoms with Crippen LogP contribution in [0.15, 0.2) is 30.5 Å². The molecule has 2 aromatic rings. The van der Waals surface area contributed by atoms with Gasteiger partial charge in [-0.05, 0) is 18.2 Å². The molecule has 0 atom stereocenters. The smallest absolute Gasteiger partial charge is 0.293 e. The zero-order valence-corrected chi connectivity index (χ0v) is 10.3. The molecule has 0 spiro atoms. The Balaban J connectivity index is 2.37. The van der Waals surface area contributed by atoms with E-state index in [1.807, 2.05) is 0 Å². The predicted octanol–water partition coefficient (Wildman–Crippen LogP) is 2.10. The largest absolute Gasteiger partial charge is 0.392 e. The summed E-state index contributed by atoms with van der Waals surface area (Å²) in [5, 5.41) is 12.9. The summed E-state index contributed by atoms with van der Waals surface area (Å²) < 4.78 is 26.4. The molecule has 3 N–H and O–H groups in total. The molecule has 0 saturated carbocycles. The fraction of sp³-hybridized carbons (Fsp3) is 0. The number of carbonyl (C=O) groups is 1. The van der Waals surface area contributed by atoms with Crippen molar-refractivity contribution in [3.63, 3.8) is 0 Å². The Morgan fingerprint density at radius 1 is 1.29 bits per heavy atom. The lowest BCUT2D eigenvalue weighted by molar-refractivity contribution is -0.384. The van der Waals surface area contributed by atoms with Gasteiger partial charge in [0.05, 0.1) is 11.1 Å². The van der Waals surface area contributed by atoms with E-state index < -0.39 is 39.4 Å². The molecule has 1 aromatic heterocycles. The van der Waals surface area contributed by atoms with Gasteiger partial charge in [0.15, 0.2) is 0 Å². The van der Waals surface area contributed by atoms with E-state index in [1.54, 1.807) is 0 Å². The fourth-order valence-corrected chi connectivity index (χ4v) is 1.60. The standard InChI is InChI=1S/C12H8F2N4O3/c13-6-1-4-9(16-5-6)17-12(19)10-7(14)2-3-8(11(10)15)18(20)21/h1-5H,15H2,(H,16,17,19). The number of nitrogens with two attached hydrogens (primary N) is 1. The van der Waals surface area contributed by atoms with Gasteiger partial charge >= 0.3 is 0 Å². The minimum Gasteiger partial charge on any atom is -0.392 e. The van der Waals surface area contributed by atoms with Crippen molar-refractivity contribution in [2.24, 2.45) is 0 Å². The minimum atomic E-state index is -1.02. The Labute approximate surface area is 116 Å². The lowest BCUT2D eigenvalue weighted by Gasteiger charge is -2.08. The number of anilines is 2. The van der Waals surface area contributed by atoms with Crippen LogP contribution in [0.1, 0.15) is 10.4 Å². The number of amides is 1. The van der Waals surface area contributed by atoms with Gasteiger partial charge in [-0.3, -0.25) is 14.9 Å². The molecule has 0 aliphatic heterocycles. The fourth-order valence-electron chi connectivity index (χ4n) is 1.60. The van der Waals surface area contributed by atoms with Crippen LogP contribution in [0.3, 0.4) is 0 Å². The second kappa shape index (κ2) is 5.49. The van der Waals surface area contributed by atoms with Gasteiger partial charge in [-0.2, -0.15) is 0 Å². The van der Waals surface area contributed by atoms with Gasteiger partial charge in [-0.1, -0.05) is 0 Å². The molecule has 0 aliphatic rings. The van der Waals surface area contributed by atoms with Crippen molar-refractivity contribution in [3.8, 4) is 0 Å². The van der Waals surface area contributed by atoms with Crippen LogP contribution in [0.5, 0.6) is 0 Å². The van der Waals surface area contributed by atoms with Crippen molar-refractivity contribution in [2.45, 2.75) is 0 Å². The van der Waals surface area contributed by atoms with Crippen molar-refractivity contribution >= 4 is 23.1 Å². The van der Waals surface area contributed by atoms with Gasteiger partial charge in [-0.25, -0.2) is 13.8 Å². The summed E-state index contributed by atoms with van der Waals surface area (Å²) in [6.45, 7) is 0.